The average molecular weight is 298 g/mol. The van der Waals surface area contributed by atoms with Gasteiger partial charge in [-0.15, -0.1) is 0 Å². The van der Waals surface area contributed by atoms with Gasteiger partial charge >= 0.3 is 6.09 Å². The molecule has 2 aliphatic rings. The van der Waals surface area contributed by atoms with Gasteiger partial charge in [-0.3, -0.25) is 4.90 Å². The van der Waals surface area contributed by atoms with Crippen LogP contribution in [-0.4, -0.2) is 36.3 Å². The number of fused-ring (bicyclic) bond motifs is 2. The predicted molar refractivity (Wildman–Crippen MR) is 79.8 cm³/mol. The van der Waals surface area contributed by atoms with Crippen LogP contribution in [0.4, 0.5) is 4.79 Å². The van der Waals surface area contributed by atoms with E-state index in [1.54, 1.807) is 4.90 Å². The molecular weight excluding hydrogens is 280 g/mol. The summed E-state index contributed by atoms with van der Waals surface area (Å²) in [6, 6.07) is 11.6. The molecule has 0 N–H and O–H groups in total. The van der Waals surface area contributed by atoms with Crippen LogP contribution in [0, 0.1) is 11.3 Å². The van der Waals surface area contributed by atoms with Crippen LogP contribution in [0.5, 0.6) is 0 Å². The molecule has 114 valence electrons. The van der Waals surface area contributed by atoms with E-state index in [1.165, 1.54) is 0 Å². The zero-order valence-electron chi connectivity index (χ0n) is 12.3. The van der Waals surface area contributed by atoms with Crippen molar-refractivity contribution in [3.05, 3.63) is 47.5 Å². The highest BCUT2D eigenvalue weighted by Gasteiger charge is 2.38. The van der Waals surface area contributed by atoms with Crippen molar-refractivity contribution in [2.24, 2.45) is 0 Å². The number of hydrogen-bond donors (Lipinski definition) is 0. The first kappa shape index (κ1) is 14.6. The van der Waals surface area contributed by atoms with Crippen LogP contribution in [0.3, 0.4) is 0 Å². The fourth-order valence-corrected chi connectivity index (χ4v) is 3.00. The first-order chi connectivity index (χ1) is 10.8. The van der Waals surface area contributed by atoms with Crippen molar-refractivity contribution >= 4 is 6.09 Å². The molecule has 2 unspecified atom stereocenters. The van der Waals surface area contributed by atoms with Gasteiger partial charge in [0.15, 0.2) is 0 Å². The quantitative estimate of drug-likeness (QED) is 0.805. The predicted octanol–water partition coefficient (Wildman–Crippen LogP) is 2.64. The van der Waals surface area contributed by atoms with Gasteiger partial charge in [0, 0.05) is 0 Å². The van der Waals surface area contributed by atoms with Gasteiger partial charge in [0.1, 0.15) is 6.61 Å². The SMILES string of the molecule is N#CCC1=CC2COCC(C1)N2C(=O)OCc1ccccc1. The van der Waals surface area contributed by atoms with Crippen LogP contribution >= 0.6 is 0 Å². The van der Waals surface area contributed by atoms with Gasteiger partial charge in [0.05, 0.1) is 37.8 Å². The topological polar surface area (TPSA) is 62.6 Å². The summed E-state index contributed by atoms with van der Waals surface area (Å²) in [5.74, 6) is 0. The highest BCUT2D eigenvalue weighted by Crippen LogP contribution is 2.29. The number of amides is 1. The number of morpholine rings is 1. The Bertz CT molecular complexity index is 606. The van der Waals surface area contributed by atoms with Crippen LogP contribution in [0.1, 0.15) is 18.4 Å². The van der Waals surface area contributed by atoms with Crippen molar-refractivity contribution in [2.45, 2.75) is 31.5 Å². The lowest BCUT2D eigenvalue weighted by molar-refractivity contribution is -0.0373. The lowest BCUT2D eigenvalue weighted by atomic mass is 9.93. The molecule has 0 spiro atoms. The normalized spacial score (nSPS) is 23.4. The molecule has 22 heavy (non-hydrogen) atoms. The van der Waals surface area contributed by atoms with E-state index < -0.39 is 0 Å². The molecule has 0 aliphatic carbocycles. The summed E-state index contributed by atoms with van der Waals surface area (Å²) in [6.45, 7) is 1.23. The van der Waals surface area contributed by atoms with E-state index in [0.717, 1.165) is 11.1 Å². The summed E-state index contributed by atoms with van der Waals surface area (Å²) in [5, 5.41) is 8.84. The molecular formula is C17H18N2O3. The van der Waals surface area contributed by atoms with E-state index >= 15 is 0 Å². The number of nitrogens with zero attached hydrogens (tertiary/aromatic N) is 2. The van der Waals surface area contributed by atoms with Crippen molar-refractivity contribution in [3.8, 4) is 6.07 Å². The molecule has 1 aromatic rings. The van der Waals surface area contributed by atoms with E-state index in [4.69, 9.17) is 14.7 Å². The monoisotopic (exact) mass is 298 g/mol. The molecule has 5 nitrogen and oxygen atoms in total. The zero-order chi connectivity index (χ0) is 15.4. The minimum absolute atomic E-state index is 0.0321. The Labute approximate surface area is 129 Å². The van der Waals surface area contributed by atoms with Gasteiger partial charge < -0.3 is 9.47 Å². The van der Waals surface area contributed by atoms with Crippen LogP contribution < -0.4 is 0 Å². The fourth-order valence-electron chi connectivity index (χ4n) is 3.00. The maximum atomic E-state index is 12.4. The average Bonchev–Trinajstić information content (AvgIpc) is 2.53. The minimum atomic E-state index is -0.311. The zero-order valence-corrected chi connectivity index (χ0v) is 12.3. The maximum absolute atomic E-state index is 12.4. The lowest BCUT2D eigenvalue weighted by Gasteiger charge is -2.43. The van der Waals surface area contributed by atoms with E-state index in [0.29, 0.717) is 26.1 Å². The first-order valence-corrected chi connectivity index (χ1v) is 7.41. The summed E-state index contributed by atoms with van der Waals surface area (Å²) < 4.78 is 11.0. The number of nitriles is 1. The van der Waals surface area contributed by atoms with E-state index in [9.17, 15) is 4.79 Å². The second-order valence-electron chi connectivity index (χ2n) is 5.57. The van der Waals surface area contributed by atoms with Crippen LogP contribution in [0.25, 0.3) is 0 Å². The highest BCUT2D eigenvalue weighted by atomic mass is 16.6. The molecule has 1 saturated heterocycles. The van der Waals surface area contributed by atoms with Gasteiger partial charge in [0.25, 0.3) is 0 Å². The summed E-state index contributed by atoms with van der Waals surface area (Å²) in [7, 11) is 0. The Balaban J connectivity index is 1.66. The van der Waals surface area contributed by atoms with Crippen molar-refractivity contribution in [1.82, 2.24) is 4.90 Å². The Morgan fingerprint density at radius 2 is 2.18 bits per heavy atom. The van der Waals surface area contributed by atoms with Gasteiger partial charge in [-0.1, -0.05) is 42.0 Å². The van der Waals surface area contributed by atoms with Gasteiger partial charge in [-0.25, -0.2) is 4.79 Å². The second kappa shape index (κ2) is 6.63. The molecule has 1 amide bonds. The maximum Gasteiger partial charge on any atom is 0.411 e. The molecule has 0 radical (unpaired) electrons. The molecule has 3 rings (SSSR count). The second-order valence-corrected chi connectivity index (χ2v) is 5.57. The molecule has 1 fully saturated rings. The minimum Gasteiger partial charge on any atom is -0.445 e. The van der Waals surface area contributed by atoms with Crippen LogP contribution in [0.2, 0.25) is 0 Å². The van der Waals surface area contributed by atoms with Crippen LogP contribution in [0.15, 0.2) is 42.0 Å². The smallest absolute Gasteiger partial charge is 0.411 e. The van der Waals surface area contributed by atoms with Crippen molar-refractivity contribution in [2.75, 3.05) is 13.2 Å². The summed E-state index contributed by atoms with van der Waals surface area (Å²) >= 11 is 0. The summed E-state index contributed by atoms with van der Waals surface area (Å²) in [5.41, 5.74) is 2.06. The Morgan fingerprint density at radius 1 is 1.36 bits per heavy atom. The van der Waals surface area contributed by atoms with Gasteiger partial charge in [0.2, 0.25) is 0 Å². The number of carbonyl (C=O) groups excluding carboxylic acids is 1. The third-order valence-corrected chi connectivity index (χ3v) is 4.00. The van der Waals surface area contributed by atoms with Gasteiger partial charge in [-0.2, -0.15) is 5.26 Å². The molecule has 5 heteroatoms. The third kappa shape index (κ3) is 3.12. The van der Waals surface area contributed by atoms with E-state index in [-0.39, 0.29) is 24.8 Å². The van der Waals surface area contributed by atoms with Gasteiger partial charge in [-0.05, 0) is 12.0 Å². The molecule has 2 atom stereocenters. The van der Waals surface area contributed by atoms with Crippen molar-refractivity contribution < 1.29 is 14.3 Å². The molecule has 0 saturated carbocycles. The number of carbonyl (C=O) groups is 1. The van der Waals surface area contributed by atoms with Crippen molar-refractivity contribution in [1.29, 1.82) is 5.26 Å². The molecule has 2 aliphatic heterocycles. The molecule has 0 aromatic heterocycles. The lowest BCUT2D eigenvalue weighted by Crippen LogP contribution is -2.56. The fraction of sp³-hybridized carbons (Fsp3) is 0.412. The molecule has 2 heterocycles. The largest absolute Gasteiger partial charge is 0.445 e. The van der Waals surface area contributed by atoms with E-state index in [1.807, 2.05) is 36.4 Å². The Kier molecular flexibility index (Phi) is 4.40. The molecule has 1 aromatic carbocycles. The third-order valence-electron chi connectivity index (χ3n) is 4.00. The van der Waals surface area contributed by atoms with Crippen LogP contribution in [-0.2, 0) is 16.1 Å². The first-order valence-electron chi connectivity index (χ1n) is 7.41. The summed E-state index contributed by atoms with van der Waals surface area (Å²) in [6.07, 6.45) is 2.77. The molecule has 2 bridgehead atoms. The number of rotatable bonds is 3. The Morgan fingerprint density at radius 3 is 2.91 bits per heavy atom. The number of ether oxygens (including phenoxy) is 2. The van der Waals surface area contributed by atoms with E-state index in [2.05, 4.69) is 6.07 Å². The number of hydrogen-bond acceptors (Lipinski definition) is 4. The number of benzene rings is 1. The standard InChI is InChI=1S/C17H18N2O3/c18-7-6-14-8-15-11-21-12-16(9-14)19(15)17(20)22-10-13-4-2-1-3-5-13/h1-5,8,15-16H,6,9-12H2. The Hall–Kier alpha value is -2.32. The summed E-state index contributed by atoms with van der Waals surface area (Å²) in [4.78, 5) is 14.2. The van der Waals surface area contributed by atoms with Crippen molar-refractivity contribution in [3.63, 3.8) is 0 Å². The highest BCUT2D eigenvalue weighted by molar-refractivity contribution is 5.69.